The zero-order valence-electron chi connectivity index (χ0n) is 18.4. The normalized spacial score (nSPS) is 20.3. The minimum absolute atomic E-state index is 0.296. The number of nitrogens with zero attached hydrogens (tertiary/aromatic N) is 3. The SMILES string of the molecule is Cc1cccc2c(-c3ccncc3)c(C3CCCN(C(=O)CN4CCCCC4)C3)[nH]c12. The number of nitrogens with one attached hydrogen (secondary N) is 1. The second-order valence-corrected chi connectivity index (χ2v) is 9.16. The van der Waals surface area contributed by atoms with E-state index in [4.69, 9.17) is 0 Å². The first kappa shape index (κ1) is 20.3. The molecule has 0 spiro atoms. The van der Waals surface area contributed by atoms with E-state index in [1.165, 1.54) is 52.5 Å². The number of hydrogen-bond acceptors (Lipinski definition) is 3. The molecule has 0 bridgehead atoms. The highest BCUT2D eigenvalue weighted by Gasteiger charge is 2.29. The van der Waals surface area contributed by atoms with Crippen LogP contribution in [0, 0.1) is 6.92 Å². The predicted molar refractivity (Wildman–Crippen MR) is 125 cm³/mol. The number of fused-ring (bicyclic) bond motifs is 1. The number of rotatable bonds is 4. The summed E-state index contributed by atoms with van der Waals surface area (Å²) in [4.78, 5) is 25.5. The van der Waals surface area contributed by atoms with Crippen LogP contribution in [0.25, 0.3) is 22.0 Å². The maximum absolute atomic E-state index is 13.1. The number of aromatic nitrogens is 2. The number of piperidine rings is 2. The van der Waals surface area contributed by atoms with E-state index in [0.717, 1.165) is 39.0 Å². The Hall–Kier alpha value is -2.66. The lowest BCUT2D eigenvalue weighted by Crippen LogP contribution is -2.45. The Bertz CT molecular complexity index is 1050. The highest BCUT2D eigenvalue weighted by Crippen LogP contribution is 2.40. The van der Waals surface area contributed by atoms with Gasteiger partial charge in [-0.05, 0) is 69.0 Å². The third kappa shape index (κ3) is 4.11. The fourth-order valence-electron chi connectivity index (χ4n) is 5.37. The van der Waals surface area contributed by atoms with Crippen molar-refractivity contribution in [3.05, 3.63) is 54.0 Å². The number of likely N-dealkylation sites (tertiary alicyclic amines) is 2. The number of amides is 1. The summed E-state index contributed by atoms with van der Waals surface area (Å²) in [5, 5.41) is 1.26. The molecular formula is C26H32N4O. The summed E-state index contributed by atoms with van der Waals surface area (Å²) in [6.07, 6.45) is 9.64. The third-order valence-electron chi connectivity index (χ3n) is 7.03. The zero-order valence-corrected chi connectivity index (χ0v) is 18.4. The van der Waals surface area contributed by atoms with Crippen LogP contribution in [-0.2, 0) is 4.79 Å². The first-order chi connectivity index (χ1) is 15.2. The van der Waals surface area contributed by atoms with E-state index in [-0.39, 0.29) is 0 Å². The van der Waals surface area contributed by atoms with Gasteiger partial charge in [0, 0.05) is 53.6 Å². The molecule has 162 valence electrons. The number of pyridine rings is 1. The van der Waals surface area contributed by atoms with Crippen LogP contribution in [0.2, 0.25) is 0 Å². The van der Waals surface area contributed by atoms with Crippen molar-refractivity contribution in [3.8, 4) is 11.1 Å². The second-order valence-electron chi connectivity index (χ2n) is 9.16. The molecule has 0 saturated carbocycles. The van der Waals surface area contributed by atoms with Crippen molar-refractivity contribution in [1.82, 2.24) is 19.8 Å². The van der Waals surface area contributed by atoms with E-state index in [1.807, 2.05) is 12.4 Å². The number of carbonyl (C=O) groups is 1. The molecule has 1 amide bonds. The van der Waals surface area contributed by atoms with Crippen molar-refractivity contribution in [2.45, 2.75) is 44.9 Å². The molecule has 0 radical (unpaired) electrons. The van der Waals surface area contributed by atoms with E-state index >= 15 is 0 Å². The monoisotopic (exact) mass is 416 g/mol. The molecule has 3 aromatic rings. The van der Waals surface area contributed by atoms with Gasteiger partial charge in [-0.1, -0.05) is 24.6 Å². The third-order valence-corrected chi connectivity index (χ3v) is 7.03. The largest absolute Gasteiger partial charge is 0.357 e. The second kappa shape index (κ2) is 8.83. The molecule has 31 heavy (non-hydrogen) atoms. The van der Waals surface area contributed by atoms with Crippen molar-refractivity contribution in [2.24, 2.45) is 0 Å². The highest BCUT2D eigenvalue weighted by atomic mass is 16.2. The topological polar surface area (TPSA) is 52.2 Å². The number of H-pyrrole nitrogens is 1. The molecule has 5 rings (SSSR count). The molecule has 2 saturated heterocycles. The first-order valence-electron chi connectivity index (χ1n) is 11.7. The molecule has 1 aromatic carbocycles. The summed E-state index contributed by atoms with van der Waals surface area (Å²) in [7, 11) is 0. The van der Waals surface area contributed by atoms with Gasteiger partial charge in [-0.15, -0.1) is 0 Å². The smallest absolute Gasteiger partial charge is 0.236 e. The lowest BCUT2D eigenvalue weighted by atomic mass is 9.89. The van der Waals surface area contributed by atoms with Gasteiger partial charge in [0.25, 0.3) is 0 Å². The Kier molecular flexibility index (Phi) is 5.77. The van der Waals surface area contributed by atoms with Crippen LogP contribution in [0.1, 0.15) is 49.3 Å². The van der Waals surface area contributed by atoms with E-state index in [2.05, 4.69) is 57.0 Å². The van der Waals surface area contributed by atoms with Crippen molar-refractivity contribution in [1.29, 1.82) is 0 Å². The molecule has 5 nitrogen and oxygen atoms in total. The molecule has 5 heteroatoms. The zero-order chi connectivity index (χ0) is 21.2. The fourth-order valence-corrected chi connectivity index (χ4v) is 5.37. The molecule has 1 unspecified atom stereocenters. The molecule has 2 fully saturated rings. The molecule has 2 aliphatic heterocycles. The van der Waals surface area contributed by atoms with Crippen LogP contribution in [-0.4, -0.2) is 58.4 Å². The van der Waals surface area contributed by atoms with Gasteiger partial charge in [0.05, 0.1) is 6.54 Å². The maximum Gasteiger partial charge on any atom is 0.236 e. The quantitative estimate of drug-likeness (QED) is 0.669. The van der Waals surface area contributed by atoms with Gasteiger partial charge in [0.2, 0.25) is 5.91 Å². The van der Waals surface area contributed by atoms with E-state index in [1.54, 1.807) is 0 Å². The summed E-state index contributed by atoms with van der Waals surface area (Å²) >= 11 is 0. The van der Waals surface area contributed by atoms with Crippen molar-refractivity contribution < 1.29 is 4.79 Å². The fraction of sp³-hybridized carbons (Fsp3) is 0.462. The van der Waals surface area contributed by atoms with Gasteiger partial charge in [-0.3, -0.25) is 14.7 Å². The Morgan fingerprint density at radius 3 is 2.68 bits per heavy atom. The maximum atomic E-state index is 13.1. The molecule has 1 atom stereocenters. The number of benzene rings is 1. The summed E-state index contributed by atoms with van der Waals surface area (Å²) in [5.41, 5.74) is 6.20. The minimum Gasteiger partial charge on any atom is -0.357 e. The van der Waals surface area contributed by atoms with Crippen LogP contribution in [0.3, 0.4) is 0 Å². The molecule has 1 N–H and O–H groups in total. The summed E-state index contributed by atoms with van der Waals surface area (Å²) < 4.78 is 0. The predicted octanol–water partition coefficient (Wildman–Crippen LogP) is 4.73. The van der Waals surface area contributed by atoms with Crippen molar-refractivity contribution in [3.63, 3.8) is 0 Å². The van der Waals surface area contributed by atoms with Crippen molar-refractivity contribution >= 4 is 16.8 Å². The van der Waals surface area contributed by atoms with Gasteiger partial charge >= 0.3 is 0 Å². The number of aromatic amines is 1. The number of carbonyl (C=O) groups excluding carboxylic acids is 1. The Labute approximate surface area is 184 Å². The van der Waals surface area contributed by atoms with Crippen LogP contribution in [0.4, 0.5) is 0 Å². The Balaban J connectivity index is 1.44. The van der Waals surface area contributed by atoms with Gasteiger partial charge in [0.15, 0.2) is 0 Å². The minimum atomic E-state index is 0.296. The average molecular weight is 417 g/mol. The van der Waals surface area contributed by atoms with Gasteiger partial charge in [-0.25, -0.2) is 0 Å². The number of para-hydroxylation sites is 1. The van der Waals surface area contributed by atoms with E-state index in [0.29, 0.717) is 18.4 Å². The summed E-state index contributed by atoms with van der Waals surface area (Å²) in [5.74, 6) is 0.623. The van der Waals surface area contributed by atoms with Crippen LogP contribution < -0.4 is 0 Å². The first-order valence-corrected chi connectivity index (χ1v) is 11.7. The van der Waals surface area contributed by atoms with Gasteiger partial charge in [0.1, 0.15) is 0 Å². The summed E-state index contributed by atoms with van der Waals surface area (Å²) in [6, 6.07) is 10.7. The Morgan fingerprint density at radius 1 is 1.06 bits per heavy atom. The molecular weight excluding hydrogens is 384 g/mol. The lowest BCUT2D eigenvalue weighted by Gasteiger charge is -2.35. The summed E-state index contributed by atoms with van der Waals surface area (Å²) in [6.45, 7) is 6.56. The molecule has 2 aliphatic rings. The van der Waals surface area contributed by atoms with Crippen LogP contribution >= 0.6 is 0 Å². The van der Waals surface area contributed by atoms with Crippen LogP contribution in [0.15, 0.2) is 42.7 Å². The Morgan fingerprint density at radius 2 is 1.87 bits per heavy atom. The molecule has 0 aliphatic carbocycles. The van der Waals surface area contributed by atoms with Gasteiger partial charge < -0.3 is 9.88 Å². The van der Waals surface area contributed by atoms with E-state index in [9.17, 15) is 4.79 Å². The van der Waals surface area contributed by atoms with Crippen molar-refractivity contribution in [2.75, 3.05) is 32.7 Å². The highest BCUT2D eigenvalue weighted by molar-refractivity contribution is 5.99. The van der Waals surface area contributed by atoms with E-state index < -0.39 is 0 Å². The average Bonchev–Trinajstić information content (AvgIpc) is 3.21. The molecule has 4 heterocycles. The lowest BCUT2D eigenvalue weighted by molar-refractivity contribution is -0.133. The van der Waals surface area contributed by atoms with Gasteiger partial charge in [-0.2, -0.15) is 0 Å². The molecule has 2 aromatic heterocycles. The van der Waals surface area contributed by atoms with Crippen LogP contribution in [0.5, 0.6) is 0 Å². The standard InChI is InChI=1S/C26H32N4O/c1-19-7-5-9-22-24(20-10-12-27-13-11-20)26(28-25(19)22)21-8-6-16-30(17-21)23(31)18-29-14-3-2-4-15-29/h5,7,9-13,21,28H,2-4,6,8,14-18H2,1H3. The number of hydrogen-bond donors (Lipinski definition) is 1. The number of aryl methyl sites for hydroxylation is 1.